The van der Waals surface area contributed by atoms with Crippen LogP contribution in [0, 0.1) is 6.92 Å². The Balaban J connectivity index is 1.72. The maximum atomic E-state index is 12.3. The molecular formula is C17H20N4O. The monoisotopic (exact) mass is 296 g/mol. The number of carbonyl (C=O) groups is 1. The first-order chi connectivity index (χ1) is 10.6. The molecule has 1 aliphatic rings. The minimum atomic E-state index is -0.166. The van der Waals surface area contributed by atoms with Crippen LogP contribution >= 0.6 is 0 Å². The van der Waals surface area contributed by atoms with Crippen LogP contribution in [0.4, 0.5) is 17.2 Å². The van der Waals surface area contributed by atoms with Gasteiger partial charge in [-0.05, 0) is 49.6 Å². The van der Waals surface area contributed by atoms with Crippen molar-refractivity contribution in [2.75, 3.05) is 29.0 Å². The number of rotatable bonds is 3. The number of pyridine rings is 1. The first-order valence-corrected chi connectivity index (χ1v) is 7.52. The Labute approximate surface area is 130 Å². The molecule has 1 aliphatic heterocycles. The molecule has 114 valence electrons. The maximum absolute atomic E-state index is 12.3. The summed E-state index contributed by atoms with van der Waals surface area (Å²) in [6, 6.07) is 9.17. The number of nitrogens with one attached hydrogen (secondary N) is 1. The van der Waals surface area contributed by atoms with Crippen LogP contribution < -0.4 is 16.0 Å². The van der Waals surface area contributed by atoms with Crippen LogP contribution in [-0.2, 0) is 0 Å². The molecule has 1 saturated heterocycles. The van der Waals surface area contributed by atoms with Crippen molar-refractivity contribution in [2.24, 2.45) is 0 Å². The summed E-state index contributed by atoms with van der Waals surface area (Å²) in [5.41, 5.74) is 8.51. The van der Waals surface area contributed by atoms with Crippen molar-refractivity contribution in [3.8, 4) is 0 Å². The summed E-state index contributed by atoms with van der Waals surface area (Å²) in [5, 5.41) is 2.87. The highest BCUT2D eigenvalue weighted by atomic mass is 16.1. The van der Waals surface area contributed by atoms with Crippen molar-refractivity contribution in [1.82, 2.24) is 4.98 Å². The van der Waals surface area contributed by atoms with Gasteiger partial charge in [-0.3, -0.25) is 4.79 Å². The Kier molecular flexibility index (Phi) is 3.96. The average Bonchev–Trinajstić information content (AvgIpc) is 3.05. The van der Waals surface area contributed by atoms with Crippen LogP contribution in [0.3, 0.4) is 0 Å². The van der Waals surface area contributed by atoms with Crippen molar-refractivity contribution >= 4 is 23.1 Å². The van der Waals surface area contributed by atoms with Gasteiger partial charge in [0, 0.05) is 24.3 Å². The summed E-state index contributed by atoms with van der Waals surface area (Å²) < 4.78 is 0. The van der Waals surface area contributed by atoms with Crippen LogP contribution in [0.5, 0.6) is 0 Å². The zero-order chi connectivity index (χ0) is 15.5. The predicted molar refractivity (Wildman–Crippen MR) is 89.2 cm³/mol. The molecule has 2 aromatic rings. The van der Waals surface area contributed by atoms with E-state index < -0.39 is 0 Å². The molecule has 0 spiro atoms. The van der Waals surface area contributed by atoms with Crippen LogP contribution in [-0.4, -0.2) is 24.0 Å². The third-order valence-electron chi connectivity index (χ3n) is 3.94. The Morgan fingerprint density at radius 1 is 1.23 bits per heavy atom. The minimum absolute atomic E-state index is 0.166. The highest BCUT2D eigenvalue weighted by Crippen LogP contribution is 2.20. The van der Waals surface area contributed by atoms with Crippen molar-refractivity contribution in [3.05, 3.63) is 47.7 Å². The van der Waals surface area contributed by atoms with Crippen LogP contribution in [0.1, 0.15) is 28.8 Å². The first kappa shape index (κ1) is 14.4. The number of nitrogen functional groups attached to an aromatic ring is 1. The molecule has 1 amide bonds. The molecule has 22 heavy (non-hydrogen) atoms. The van der Waals surface area contributed by atoms with Gasteiger partial charge < -0.3 is 16.0 Å². The zero-order valence-electron chi connectivity index (χ0n) is 12.7. The summed E-state index contributed by atoms with van der Waals surface area (Å²) in [6.45, 7) is 4.01. The Hall–Kier alpha value is -2.56. The highest BCUT2D eigenvalue weighted by Gasteiger charge is 2.14. The van der Waals surface area contributed by atoms with E-state index in [1.807, 2.05) is 25.1 Å². The Morgan fingerprint density at radius 3 is 2.68 bits per heavy atom. The van der Waals surface area contributed by atoms with Gasteiger partial charge in [0.15, 0.2) is 0 Å². The molecule has 2 heterocycles. The molecule has 5 heteroatoms. The van der Waals surface area contributed by atoms with E-state index in [0.717, 1.165) is 24.5 Å². The Morgan fingerprint density at radius 2 is 2.00 bits per heavy atom. The Bertz CT molecular complexity index is 676. The molecule has 0 saturated carbocycles. The highest BCUT2D eigenvalue weighted by molar-refractivity contribution is 6.05. The van der Waals surface area contributed by atoms with Crippen LogP contribution in [0.2, 0.25) is 0 Å². The molecule has 0 radical (unpaired) electrons. The van der Waals surface area contributed by atoms with Crippen LogP contribution in [0.15, 0.2) is 36.5 Å². The normalized spacial score (nSPS) is 14.1. The van der Waals surface area contributed by atoms with E-state index in [0.29, 0.717) is 16.9 Å². The second-order valence-corrected chi connectivity index (χ2v) is 5.63. The van der Waals surface area contributed by atoms with E-state index in [1.165, 1.54) is 12.8 Å². The number of aryl methyl sites for hydroxylation is 1. The SMILES string of the molecule is Cc1ccc(N)cc1C(=O)Nc1ccc(N2CCCC2)nc1. The smallest absolute Gasteiger partial charge is 0.256 e. The third kappa shape index (κ3) is 3.03. The molecule has 1 fully saturated rings. The lowest BCUT2D eigenvalue weighted by Crippen LogP contribution is -2.19. The molecule has 0 atom stereocenters. The summed E-state index contributed by atoms with van der Waals surface area (Å²) in [7, 11) is 0. The van der Waals surface area contributed by atoms with Crippen molar-refractivity contribution < 1.29 is 4.79 Å². The molecule has 0 bridgehead atoms. The van der Waals surface area contributed by atoms with E-state index in [4.69, 9.17) is 5.73 Å². The molecule has 3 rings (SSSR count). The lowest BCUT2D eigenvalue weighted by Gasteiger charge is -2.16. The fourth-order valence-electron chi connectivity index (χ4n) is 2.68. The van der Waals surface area contributed by atoms with Gasteiger partial charge >= 0.3 is 0 Å². The van der Waals surface area contributed by atoms with Crippen molar-refractivity contribution in [1.29, 1.82) is 0 Å². The third-order valence-corrected chi connectivity index (χ3v) is 3.94. The fraction of sp³-hybridized carbons (Fsp3) is 0.294. The van der Waals surface area contributed by atoms with Crippen molar-refractivity contribution in [3.63, 3.8) is 0 Å². The largest absolute Gasteiger partial charge is 0.399 e. The second kappa shape index (κ2) is 6.05. The van der Waals surface area contributed by atoms with Gasteiger partial charge in [0.05, 0.1) is 11.9 Å². The van der Waals surface area contributed by atoms with Gasteiger partial charge in [-0.25, -0.2) is 4.98 Å². The van der Waals surface area contributed by atoms with Gasteiger partial charge in [-0.1, -0.05) is 6.07 Å². The van der Waals surface area contributed by atoms with Crippen LogP contribution in [0.25, 0.3) is 0 Å². The standard InChI is InChI=1S/C17H20N4O/c1-12-4-5-13(18)10-15(12)17(22)20-14-6-7-16(19-11-14)21-8-2-3-9-21/h4-7,10-11H,2-3,8-9,18H2,1H3,(H,20,22). The topological polar surface area (TPSA) is 71.2 Å². The molecule has 3 N–H and O–H groups in total. The first-order valence-electron chi connectivity index (χ1n) is 7.52. The second-order valence-electron chi connectivity index (χ2n) is 5.63. The maximum Gasteiger partial charge on any atom is 0.256 e. The van der Waals surface area contributed by atoms with E-state index in [2.05, 4.69) is 15.2 Å². The lowest BCUT2D eigenvalue weighted by atomic mass is 10.1. The quantitative estimate of drug-likeness (QED) is 0.854. The molecule has 1 aromatic carbocycles. The van der Waals surface area contributed by atoms with E-state index in [-0.39, 0.29) is 5.91 Å². The number of nitrogens with zero attached hydrogens (tertiary/aromatic N) is 2. The summed E-state index contributed by atoms with van der Waals surface area (Å²) in [5.74, 6) is 0.802. The summed E-state index contributed by atoms with van der Waals surface area (Å²) in [6.07, 6.45) is 4.14. The minimum Gasteiger partial charge on any atom is -0.399 e. The number of carbonyl (C=O) groups excluding carboxylic acids is 1. The number of nitrogens with two attached hydrogens (primary N) is 1. The average molecular weight is 296 g/mol. The molecule has 1 aromatic heterocycles. The van der Waals surface area contributed by atoms with Gasteiger partial charge in [0.1, 0.15) is 5.82 Å². The van der Waals surface area contributed by atoms with Crippen molar-refractivity contribution in [2.45, 2.75) is 19.8 Å². The number of hydrogen-bond donors (Lipinski definition) is 2. The fourth-order valence-corrected chi connectivity index (χ4v) is 2.68. The predicted octanol–water partition coefficient (Wildman–Crippen LogP) is 2.82. The molecule has 0 aliphatic carbocycles. The van der Waals surface area contributed by atoms with E-state index in [9.17, 15) is 4.79 Å². The number of anilines is 3. The van der Waals surface area contributed by atoms with Gasteiger partial charge in [0.25, 0.3) is 5.91 Å². The zero-order valence-corrected chi connectivity index (χ0v) is 12.7. The lowest BCUT2D eigenvalue weighted by molar-refractivity contribution is 0.102. The van der Waals surface area contributed by atoms with E-state index >= 15 is 0 Å². The van der Waals surface area contributed by atoms with Gasteiger partial charge in [0.2, 0.25) is 0 Å². The molecule has 0 unspecified atom stereocenters. The summed E-state index contributed by atoms with van der Waals surface area (Å²) >= 11 is 0. The molecule has 5 nitrogen and oxygen atoms in total. The number of aromatic nitrogens is 1. The number of hydrogen-bond acceptors (Lipinski definition) is 4. The van der Waals surface area contributed by atoms with E-state index in [1.54, 1.807) is 18.3 Å². The number of amides is 1. The van der Waals surface area contributed by atoms with Gasteiger partial charge in [-0.2, -0.15) is 0 Å². The summed E-state index contributed by atoms with van der Waals surface area (Å²) in [4.78, 5) is 19.0. The number of benzene rings is 1. The molecular weight excluding hydrogens is 276 g/mol. The van der Waals surface area contributed by atoms with Gasteiger partial charge in [-0.15, -0.1) is 0 Å².